The van der Waals surface area contributed by atoms with Gasteiger partial charge in [0.2, 0.25) is 5.91 Å². The molecule has 2 atom stereocenters. The van der Waals surface area contributed by atoms with E-state index in [0.717, 1.165) is 23.1 Å². The van der Waals surface area contributed by atoms with Crippen LogP contribution in [0.25, 0.3) is 0 Å². The Morgan fingerprint density at radius 2 is 1.73 bits per heavy atom. The molecule has 0 fully saturated rings. The number of amides is 2. The van der Waals surface area contributed by atoms with Crippen LogP contribution in [-0.2, 0) is 17.6 Å². The van der Waals surface area contributed by atoms with Crippen LogP contribution < -0.4 is 14.8 Å². The lowest BCUT2D eigenvalue weighted by atomic mass is 9.75. The van der Waals surface area contributed by atoms with Crippen molar-refractivity contribution in [3.05, 3.63) is 94.0 Å². The van der Waals surface area contributed by atoms with Crippen LogP contribution in [0.5, 0.6) is 11.5 Å². The maximum atomic E-state index is 13.9. The van der Waals surface area contributed by atoms with Gasteiger partial charge in [-0.25, -0.2) is 0 Å². The fourth-order valence-electron chi connectivity index (χ4n) is 5.66. The highest BCUT2D eigenvalue weighted by Crippen LogP contribution is 2.48. The Morgan fingerprint density at radius 1 is 0.973 bits per heavy atom. The monoisotopic (exact) mass is 498 g/mol. The highest BCUT2D eigenvalue weighted by Gasteiger charge is 2.46. The number of rotatable bonds is 8. The largest absolute Gasteiger partial charge is 0.490 e. The molecule has 0 aliphatic carbocycles. The smallest absolute Gasteiger partial charge is 0.254 e. The zero-order valence-corrected chi connectivity index (χ0v) is 21.8. The van der Waals surface area contributed by atoms with E-state index in [0.29, 0.717) is 49.8 Å². The van der Waals surface area contributed by atoms with Crippen molar-refractivity contribution in [2.45, 2.75) is 45.6 Å². The number of carbonyl (C=O) groups excluding carboxylic acids is 2. The summed E-state index contributed by atoms with van der Waals surface area (Å²) in [7, 11) is 0. The normalized spacial score (nSPS) is 17.9. The van der Waals surface area contributed by atoms with Crippen molar-refractivity contribution >= 4 is 11.8 Å². The second kappa shape index (κ2) is 10.7. The summed E-state index contributed by atoms with van der Waals surface area (Å²) in [6, 6.07) is 19.5. The average molecular weight is 499 g/mol. The first-order valence-electron chi connectivity index (χ1n) is 13.2. The van der Waals surface area contributed by atoms with Gasteiger partial charge in [-0.05, 0) is 74.1 Å². The minimum Gasteiger partial charge on any atom is -0.490 e. The molecule has 3 aromatic carbocycles. The second-order valence-corrected chi connectivity index (χ2v) is 9.65. The fraction of sp³-hybridized carbons (Fsp3) is 0.355. The van der Waals surface area contributed by atoms with Crippen molar-refractivity contribution in [1.29, 1.82) is 0 Å². The number of hydrogen-bond acceptors (Lipinski definition) is 4. The van der Waals surface area contributed by atoms with Crippen LogP contribution in [0, 0.1) is 6.92 Å². The average Bonchev–Trinajstić information content (AvgIpc) is 2.89. The van der Waals surface area contributed by atoms with Crippen LogP contribution in [0.15, 0.2) is 60.7 Å². The third kappa shape index (κ3) is 4.80. The molecule has 2 aliphatic heterocycles. The molecular formula is C31H34N2O4. The molecule has 6 heteroatoms. The molecule has 0 bridgehead atoms. The zero-order chi connectivity index (χ0) is 25.9. The first kappa shape index (κ1) is 24.9. The molecular weight excluding hydrogens is 464 g/mol. The Balaban J connectivity index is 1.52. The van der Waals surface area contributed by atoms with Crippen molar-refractivity contribution in [2.75, 3.05) is 26.3 Å². The maximum Gasteiger partial charge on any atom is 0.254 e. The summed E-state index contributed by atoms with van der Waals surface area (Å²) in [5.74, 6) is 0.746. The molecule has 37 heavy (non-hydrogen) atoms. The lowest BCUT2D eigenvalue weighted by Gasteiger charge is -2.45. The first-order valence-corrected chi connectivity index (χ1v) is 13.2. The zero-order valence-electron chi connectivity index (χ0n) is 21.8. The van der Waals surface area contributed by atoms with Crippen molar-refractivity contribution < 1.29 is 19.1 Å². The minimum absolute atomic E-state index is 0.0260. The molecule has 0 unspecified atom stereocenters. The Labute approximate surface area is 218 Å². The lowest BCUT2D eigenvalue weighted by molar-refractivity contribution is -0.124. The van der Waals surface area contributed by atoms with E-state index in [9.17, 15) is 9.59 Å². The highest BCUT2D eigenvalue weighted by molar-refractivity contribution is 6.01. The van der Waals surface area contributed by atoms with Gasteiger partial charge in [-0.2, -0.15) is 0 Å². The van der Waals surface area contributed by atoms with Gasteiger partial charge in [0.05, 0.1) is 25.2 Å². The molecule has 3 aromatic rings. The van der Waals surface area contributed by atoms with Crippen molar-refractivity contribution in [2.24, 2.45) is 0 Å². The number of hydrogen-bond donors (Lipinski definition) is 1. The lowest BCUT2D eigenvalue weighted by Crippen LogP contribution is -2.50. The van der Waals surface area contributed by atoms with Crippen molar-refractivity contribution in [3.8, 4) is 11.5 Å². The molecule has 0 radical (unpaired) electrons. The molecule has 0 aromatic heterocycles. The summed E-state index contributed by atoms with van der Waals surface area (Å²) >= 11 is 0. The number of aryl methyl sites for hydroxylation is 1. The second-order valence-electron chi connectivity index (χ2n) is 9.65. The molecule has 192 valence electrons. The van der Waals surface area contributed by atoms with E-state index in [4.69, 9.17) is 9.47 Å². The van der Waals surface area contributed by atoms with Gasteiger partial charge in [0.15, 0.2) is 11.5 Å². The van der Waals surface area contributed by atoms with Gasteiger partial charge < -0.3 is 19.7 Å². The summed E-state index contributed by atoms with van der Waals surface area (Å²) in [6.45, 7) is 8.07. The molecule has 5 rings (SSSR count). The van der Waals surface area contributed by atoms with Crippen LogP contribution in [0.4, 0.5) is 0 Å². The van der Waals surface area contributed by atoms with E-state index in [1.54, 1.807) is 0 Å². The number of nitrogens with zero attached hydrogens (tertiary/aromatic N) is 1. The van der Waals surface area contributed by atoms with E-state index in [1.807, 2.05) is 61.2 Å². The van der Waals surface area contributed by atoms with E-state index >= 15 is 0 Å². The Morgan fingerprint density at radius 3 is 2.49 bits per heavy atom. The minimum atomic E-state index is -0.516. The number of ether oxygens (including phenoxy) is 2. The van der Waals surface area contributed by atoms with E-state index in [2.05, 4.69) is 30.4 Å². The predicted molar refractivity (Wildman–Crippen MR) is 143 cm³/mol. The van der Waals surface area contributed by atoms with Crippen molar-refractivity contribution in [1.82, 2.24) is 10.2 Å². The summed E-state index contributed by atoms with van der Waals surface area (Å²) in [4.78, 5) is 29.3. The Bertz CT molecular complexity index is 1320. The van der Waals surface area contributed by atoms with Crippen LogP contribution in [0.3, 0.4) is 0 Å². The number of nitrogens with one attached hydrogen (secondary N) is 1. The topological polar surface area (TPSA) is 67.9 Å². The molecule has 0 spiro atoms. The van der Waals surface area contributed by atoms with Gasteiger partial charge in [0, 0.05) is 18.7 Å². The standard InChI is InChI=1S/C31H34N2O4/c1-4-36-26-18-22-14-16-33-29(25(22)19-27(26)37-5-2)28(23-11-6-7-12-24(23)31(33)35)30(34)32-15-13-21-10-8-9-20(3)17-21/h6-12,17-19,28-29H,4-5,13-16H2,1-3H3,(H,32,34)/t28-,29+/m1/s1. The van der Waals surface area contributed by atoms with Gasteiger partial charge in [-0.1, -0.05) is 48.0 Å². The van der Waals surface area contributed by atoms with E-state index in [-0.39, 0.29) is 11.8 Å². The van der Waals surface area contributed by atoms with Gasteiger partial charge >= 0.3 is 0 Å². The maximum absolute atomic E-state index is 13.9. The Hall–Kier alpha value is -3.80. The summed E-state index contributed by atoms with van der Waals surface area (Å²) in [5, 5.41) is 3.18. The molecule has 0 saturated heterocycles. The quantitative estimate of drug-likeness (QED) is 0.475. The molecule has 0 saturated carbocycles. The van der Waals surface area contributed by atoms with Crippen LogP contribution in [0.1, 0.15) is 64.0 Å². The fourth-order valence-corrected chi connectivity index (χ4v) is 5.66. The van der Waals surface area contributed by atoms with Gasteiger partial charge in [-0.15, -0.1) is 0 Å². The third-order valence-corrected chi connectivity index (χ3v) is 7.26. The molecule has 6 nitrogen and oxygen atoms in total. The summed E-state index contributed by atoms with van der Waals surface area (Å²) in [5.41, 5.74) is 5.83. The number of fused-ring (bicyclic) bond motifs is 4. The van der Waals surface area contributed by atoms with Crippen LogP contribution in [-0.4, -0.2) is 43.0 Å². The third-order valence-electron chi connectivity index (χ3n) is 7.26. The van der Waals surface area contributed by atoms with Gasteiger partial charge in [-0.3, -0.25) is 9.59 Å². The van der Waals surface area contributed by atoms with Crippen molar-refractivity contribution in [3.63, 3.8) is 0 Å². The number of benzene rings is 3. The Kier molecular flexibility index (Phi) is 7.17. The highest BCUT2D eigenvalue weighted by atomic mass is 16.5. The number of carbonyl (C=O) groups is 2. The van der Waals surface area contributed by atoms with Crippen LogP contribution >= 0.6 is 0 Å². The summed E-state index contributed by atoms with van der Waals surface area (Å²) < 4.78 is 11.8. The van der Waals surface area contributed by atoms with Gasteiger partial charge in [0.1, 0.15) is 0 Å². The van der Waals surface area contributed by atoms with Gasteiger partial charge in [0.25, 0.3) is 5.91 Å². The summed E-state index contributed by atoms with van der Waals surface area (Å²) in [6.07, 6.45) is 1.45. The first-order chi connectivity index (χ1) is 18.0. The molecule has 2 aliphatic rings. The van der Waals surface area contributed by atoms with E-state index < -0.39 is 12.0 Å². The van der Waals surface area contributed by atoms with Crippen LogP contribution in [0.2, 0.25) is 0 Å². The molecule has 1 N–H and O–H groups in total. The SMILES string of the molecule is CCOc1cc2c(cc1OCC)[C@H]1[C@H](C(=O)NCCc3cccc(C)c3)c3ccccc3C(=O)N1CC2. The van der Waals surface area contributed by atoms with E-state index in [1.165, 1.54) is 11.1 Å². The predicted octanol–water partition coefficient (Wildman–Crippen LogP) is 4.99. The molecule has 2 amide bonds. The molecule has 2 heterocycles.